The molecule has 2 nitrogen and oxygen atoms in total. The van der Waals surface area contributed by atoms with Crippen LogP contribution >= 0.6 is 11.1 Å². The van der Waals surface area contributed by atoms with Crippen molar-refractivity contribution in [2.75, 3.05) is 26.2 Å². The summed E-state index contributed by atoms with van der Waals surface area (Å²) in [6.07, 6.45) is 2.61. The van der Waals surface area contributed by atoms with Crippen molar-refractivity contribution in [2.45, 2.75) is 58.5 Å². The van der Waals surface area contributed by atoms with Crippen LogP contribution in [0.5, 0.6) is 0 Å². The second-order valence-corrected chi connectivity index (χ2v) is 12.0. The molecule has 108 valence electrons. The first-order valence-corrected chi connectivity index (χ1v) is 10.5. The average Bonchev–Trinajstić information content (AvgIpc) is 2.35. The van der Waals surface area contributed by atoms with Gasteiger partial charge in [-0.15, -0.1) is 11.1 Å². The fourth-order valence-electron chi connectivity index (χ4n) is 2.82. The molecule has 0 aromatic carbocycles. The van der Waals surface area contributed by atoms with Gasteiger partial charge in [0.05, 0.1) is 0 Å². The molecule has 0 aromatic heterocycles. The molecule has 1 aliphatic heterocycles. The zero-order chi connectivity index (χ0) is 13.8. The molecule has 0 aromatic rings. The molecule has 0 bridgehead atoms. The topological polar surface area (TPSA) is 12.5 Å². The van der Waals surface area contributed by atoms with Gasteiger partial charge in [0.1, 0.15) is 0 Å². The minimum Gasteiger partial charge on any atom is -0.402 e. The fourth-order valence-corrected chi connectivity index (χ4v) is 5.50. The van der Waals surface area contributed by atoms with Crippen LogP contribution in [-0.2, 0) is 4.43 Å². The van der Waals surface area contributed by atoms with Gasteiger partial charge in [0, 0.05) is 13.2 Å². The molecule has 1 saturated heterocycles. The quantitative estimate of drug-likeness (QED) is 0.536. The highest BCUT2D eigenvalue weighted by Crippen LogP contribution is 2.37. The van der Waals surface area contributed by atoms with Crippen LogP contribution in [0.25, 0.3) is 0 Å². The van der Waals surface area contributed by atoms with Crippen LogP contribution in [-0.4, -0.2) is 38.8 Å². The van der Waals surface area contributed by atoms with Crippen LogP contribution in [0.15, 0.2) is 0 Å². The summed E-state index contributed by atoms with van der Waals surface area (Å²) in [6, 6.07) is 0. The van der Waals surface area contributed by atoms with Crippen LogP contribution in [0.3, 0.4) is 0 Å². The van der Waals surface area contributed by atoms with Crippen LogP contribution in [0.1, 0.15) is 47.5 Å². The van der Waals surface area contributed by atoms with Crippen LogP contribution in [0.4, 0.5) is 0 Å². The molecule has 18 heavy (non-hydrogen) atoms. The molecule has 0 amide bonds. The molecule has 1 aliphatic rings. The van der Waals surface area contributed by atoms with Gasteiger partial charge in [-0.3, -0.25) is 0 Å². The third-order valence-electron chi connectivity index (χ3n) is 4.17. The Labute approximate surface area is 119 Å². The van der Waals surface area contributed by atoms with E-state index in [-0.39, 0.29) is 0 Å². The van der Waals surface area contributed by atoms with Crippen LogP contribution in [0.2, 0.25) is 11.1 Å². The second kappa shape index (κ2) is 7.27. The zero-order valence-electron chi connectivity index (χ0n) is 12.7. The fraction of sp³-hybridized carbons (Fsp3) is 1.00. The molecule has 1 fully saturated rings. The van der Waals surface area contributed by atoms with Crippen molar-refractivity contribution < 1.29 is 4.43 Å². The Morgan fingerprint density at radius 1 is 1.28 bits per heavy atom. The van der Waals surface area contributed by atoms with E-state index in [4.69, 9.17) is 15.5 Å². The molecule has 4 heteroatoms. The molecule has 0 saturated carbocycles. The smallest absolute Gasteiger partial charge is 0.295 e. The molecular weight excluding hydrogens is 262 g/mol. The SMILES string of the molecule is CCN1CCCC(CO[Si](Cl)(C(C)C)C(C)C)C1. The molecule has 1 unspecified atom stereocenters. The summed E-state index contributed by atoms with van der Waals surface area (Å²) >= 11 is 6.80. The van der Waals surface area contributed by atoms with E-state index in [1.165, 1.54) is 25.9 Å². The van der Waals surface area contributed by atoms with E-state index in [0.717, 1.165) is 13.2 Å². The van der Waals surface area contributed by atoms with Crippen molar-refractivity contribution in [1.29, 1.82) is 0 Å². The highest BCUT2D eigenvalue weighted by Gasteiger charge is 2.41. The summed E-state index contributed by atoms with van der Waals surface area (Å²) in [5.74, 6) is 0.682. The predicted octanol–water partition coefficient (Wildman–Crippen LogP) is 4.24. The summed E-state index contributed by atoms with van der Waals surface area (Å²) < 4.78 is 6.26. The number of nitrogens with zero attached hydrogens (tertiary/aromatic N) is 1. The number of rotatable bonds is 6. The van der Waals surface area contributed by atoms with Crippen molar-refractivity contribution in [1.82, 2.24) is 4.90 Å². The van der Waals surface area contributed by atoms with Crippen molar-refractivity contribution >= 4 is 18.7 Å². The molecule has 1 heterocycles. The van der Waals surface area contributed by atoms with E-state index in [0.29, 0.717) is 17.0 Å². The first-order chi connectivity index (χ1) is 8.40. The summed E-state index contributed by atoms with van der Waals surface area (Å²) in [5.41, 5.74) is 0.954. The van der Waals surface area contributed by atoms with Crippen molar-refractivity contribution in [3.8, 4) is 0 Å². The van der Waals surface area contributed by atoms with E-state index in [1.807, 2.05) is 0 Å². The van der Waals surface area contributed by atoms with Gasteiger partial charge >= 0.3 is 0 Å². The van der Waals surface area contributed by atoms with Gasteiger partial charge in [-0.05, 0) is 42.9 Å². The monoisotopic (exact) mass is 291 g/mol. The maximum Gasteiger partial charge on any atom is 0.295 e. The van der Waals surface area contributed by atoms with Gasteiger partial charge in [-0.25, -0.2) is 0 Å². The third kappa shape index (κ3) is 4.22. The third-order valence-corrected chi connectivity index (χ3v) is 10.9. The summed E-state index contributed by atoms with van der Waals surface area (Å²) in [4.78, 5) is 2.53. The van der Waals surface area contributed by atoms with Crippen molar-refractivity contribution in [3.05, 3.63) is 0 Å². The van der Waals surface area contributed by atoms with Crippen molar-refractivity contribution in [3.63, 3.8) is 0 Å². The molecular formula is C14H30ClNOSi. The van der Waals surface area contributed by atoms with Gasteiger partial charge in [0.2, 0.25) is 0 Å². The Bertz CT molecular complexity index is 240. The van der Waals surface area contributed by atoms with Gasteiger partial charge in [-0.2, -0.15) is 0 Å². The van der Waals surface area contributed by atoms with Gasteiger partial charge < -0.3 is 9.33 Å². The first kappa shape index (κ1) is 16.5. The van der Waals surface area contributed by atoms with E-state index >= 15 is 0 Å². The number of piperidine rings is 1. The zero-order valence-corrected chi connectivity index (χ0v) is 14.5. The molecule has 1 rings (SSSR count). The van der Waals surface area contributed by atoms with Crippen LogP contribution < -0.4 is 0 Å². The van der Waals surface area contributed by atoms with Gasteiger partial charge in [-0.1, -0.05) is 34.6 Å². The van der Waals surface area contributed by atoms with Crippen LogP contribution in [0, 0.1) is 5.92 Å². The maximum absolute atomic E-state index is 6.80. The Hall–Kier alpha value is 0.427. The first-order valence-electron chi connectivity index (χ1n) is 7.45. The predicted molar refractivity (Wildman–Crippen MR) is 82.6 cm³/mol. The van der Waals surface area contributed by atoms with E-state index < -0.39 is 7.63 Å². The Balaban J connectivity index is 2.47. The minimum atomic E-state index is -2.07. The van der Waals surface area contributed by atoms with E-state index in [9.17, 15) is 0 Å². The summed E-state index contributed by atoms with van der Waals surface area (Å²) in [7, 11) is -2.07. The molecule has 0 N–H and O–H groups in total. The Kier molecular flexibility index (Phi) is 6.66. The maximum atomic E-state index is 6.80. The highest BCUT2D eigenvalue weighted by atomic mass is 35.6. The van der Waals surface area contributed by atoms with Gasteiger partial charge in [0.15, 0.2) is 0 Å². The van der Waals surface area contributed by atoms with E-state index in [2.05, 4.69) is 39.5 Å². The molecule has 0 spiro atoms. The lowest BCUT2D eigenvalue weighted by Gasteiger charge is -2.36. The lowest BCUT2D eigenvalue weighted by molar-refractivity contribution is 0.130. The Morgan fingerprint density at radius 3 is 2.39 bits per heavy atom. The standard InChI is InChI=1S/C14H30ClNOSi/c1-6-16-9-7-8-14(10-16)11-17-18(15,12(2)3)13(4)5/h12-14H,6-11H2,1-5H3. The number of hydrogen-bond acceptors (Lipinski definition) is 2. The number of likely N-dealkylation sites (tertiary alicyclic amines) is 1. The second-order valence-electron chi connectivity index (χ2n) is 6.22. The normalized spacial score (nSPS) is 23.0. The number of hydrogen-bond donors (Lipinski definition) is 0. The average molecular weight is 292 g/mol. The Morgan fingerprint density at radius 2 is 1.89 bits per heavy atom. The van der Waals surface area contributed by atoms with Crippen molar-refractivity contribution in [2.24, 2.45) is 5.92 Å². The highest BCUT2D eigenvalue weighted by molar-refractivity contribution is 7.18. The molecule has 0 aliphatic carbocycles. The minimum absolute atomic E-state index is 0.477. The largest absolute Gasteiger partial charge is 0.402 e. The van der Waals surface area contributed by atoms with E-state index in [1.54, 1.807) is 0 Å². The lowest BCUT2D eigenvalue weighted by Crippen LogP contribution is -2.43. The molecule has 1 atom stereocenters. The van der Waals surface area contributed by atoms with Gasteiger partial charge in [0.25, 0.3) is 7.63 Å². The molecule has 0 radical (unpaired) electrons. The lowest BCUT2D eigenvalue weighted by atomic mass is 9.99. The summed E-state index contributed by atoms with van der Waals surface area (Å²) in [5, 5.41) is 0. The number of halogens is 1. The summed E-state index contributed by atoms with van der Waals surface area (Å²) in [6.45, 7) is 15.5.